The van der Waals surface area contributed by atoms with E-state index >= 15 is 0 Å². The monoisotopic (exact) mass is 250 g/mol. The van der Waals surface area contributed by atoms with E-state index in [1.165, 1.54) is 6.07 Å². The van der Waals surface area contributed by atoms with Crippen molar-refractivity contribution < 1.29 is 4.39 Å². The first-order valence-electron chi connectivity index (χ1n) is 5.37. The predicted molar refractivity (Wildman–Crippen MR) is 68.3 cm³/mol. The molecule has 0 atom stereocenters. The largest absolute Gasteiger partial charge is 0.324 e. The Morgan fingerprint density at radius 1 is 1.18 bits per heavy atom. The summed E-state index contributed by atoms with van der Waals surface area (Å²) in [5.74, 6) is 0.376. The molecular formula is C13H12ClFN2. The van der Waals surface area contributed by atoms with Crippen LogP contribution in [0.1, 0.15) is 6.92 Å². The van der Waals surface area contributed by atoms with E-state index in [2.05, 4.69) is 4.98 Å². The third kappa shape index (κ3) is 2.56. The van der Waals surface area contributed by atoms with Gasteiger partial charge in [0.05, 0.1) is 5.69 Å². The van der Waals surface area contributed by atoms with Crippen LogP contribution in [0.5, 0.6) is 0 Å². The Balaban J connectivity index is 2.44. The van der Waals surface area contributed by atoms with Gasteiger partial charge in [0, 0.05) is 6.54 Å². The first-order chi connectivity index (χ1) is 8.22. The van der Waals surface area contributed by atoms with E-state index in [1.807, 2.05) is 13.0 Å². The van der Waals surface area contributed by atoms with E-state index in [0.717, 1.165) is 0 Å². The van der Waals surface area contributed by atoms with Crippen molar-refractivity contribution in [1.82, 2.24) is 4.98 Å². The number of halogens is 2. The Morgan fingerprint density at radius 3 is 2.59 bits per heavy atom. The Labute approximate surface area is 105 Å². The number of nitrogens with zero attached hydrogens (tertiary/aromatic N) is 2. The SMILES string of the molecule is CCN(c1cccc(Cl)n1)c1ccccc1F. The van der Waals surface area contributed by atoms with Gasteiger partial charge < -0.3 is 4.90 Å². The zero-order valence-corrected chi connectivity index (χ0v) is 10.2. The van der Waals surface area contributed by atoms with Gasteiger partial charge in [-0.1, -0.05) is 29.8 Å². The molecule has 1 aromatic carbocycles. The molecule has 0 unspecified atom stereocenters. The van der Waals surface area contributed by atoms with Crippen LogP contribution in [0.15, 0.2) is 42.5 Å². The van der Waals surface area contributed by atoms with Crippen LogP contribution in [0.2, 0.25) is 5.15 Å². The molecule has 0 bridgehead atoms. The van der Waals surface area contributed by atoms with Crippen LogP contribution in [0, 0.1) is 5.82 Å². The third-order valence-corrected chi connectivity index (χ3v) is 2.65. The van der Waals surface area contributed by atoms with Crippen LogP contribution in [-0.4, -0.2) is 11.5 Å². The van der Waals surface area contributed by atoms with Crippen molar-refractivity contribution >= 4 is 23.1 Å². The van der Waals surface area contributed by atoms with Gasteiger partial charge in [0.2, 0.25) is 0 Å². The smallest absolute Gasteiger partial charge is 0.146 e. The van der Waals surface area contributed by atoms with Gasteiger partial charge in [-0.3, -0.25) is 0 Å². The number of para-hydroxylation sites is 1. The minimum absolute atomic E-state index is 0.267. The number of anilines is 2. The molecule has 0 saturated heterocycles. The lowest BCUT2D eigenvalue weighted by molar-refractivity contribution is 0.625. The minimum Gasteiger partial charge on any atom is -0.324 e. The first kappa shape index (κ1) is 11.9. The summed E-state index contributed by atoms with van der Waals surface area (Å²) in [6.07, 6.45) is 0. The lowest BCUT2D eigenvalue weighted by Gasteiger charge is -2.22. The summed E-state index contributed by atoms with van der Waals surface area (Å²) in [4.78, 5) is 5.97. The van der Waals surface area contributed by atoms with Crippen molar-refractivity contribution in [2.75, 3.05) is 11.4 Å². The van der Waals surface area contributed by atoms with Crippen LogP contribution >= 0.6 is 11.6 Å². The number of pyridine rings is 1. The van der Waals surface area contributed by atoms with Gasteiger partial charge in [-0.2, -0.15) is 0 Å². The molecule has 17 heavy (non-hydrogen) atoms. The molecular weight excluding hydrogens is 239 g/mol. The summed E-state index contributed by atoms with van der Waals surface area (Å²) in [6.45, 7) is 2.56. The highest BCUT2D eigenvalue weighted by atomic mass is 35.5. The van der Waals surface area contributed by atoms with E-state index in [0.29, 0.717) is 23.2 Å². The molecule has 88 valence electrons. The molecule has 0 aliphatic rings. The fraction of sp³-hybridized carbons (Fsp3) is 0.154. The molecule has 2 nitrogen and oxygen atoms in total. The maximum Gasteiger partial charge on any atom is 0.146 e. The highest BCUT2D eigenvalue weighted by Gasteiger charge is 2.12. The second kappa shape index (κ2) is 5.15. The standard InChI is InChI=1S/C13H12ClFN2/c1-2-17(11-7-4-3-6-10(11)15)13-9-5-8-12(14)16-13/h3-9H,2H2,1H3. The second-order valence-electron chi connectivity index (χ2n) is 3.51. The molecule has 0 spiro atoms. The maximum atomic E-state index is 13.7. The molecule has 1 heterocycles. The highest BCUT2D eigenvalue weighted by molar-refractivity contribution is 6.29. The lowest BCUT2D eigenvalue weighted by Crippen LogP contribution is -2.18. The van der Waals surface area contributed by atoms with E-state index in [9.17, 15) is 4.39 Å². The molecule has 0 amide bonds. The fourth-order valence-electron chi connectivity index (χ4n) is 1.67. The van der Waals surface area contributed by atoms with Crippen molar-refractivity contribution in [3.63, 3.8) is 0 Å². The molecule has 4 heteroatoms. The lowest BCUT2D eigenvalue weighted by atomic mass is 10.2. The predicted octanol–water partition coefficient (Wildman–Crippen LogP) is 4.03. The first-order valence-corrected chi connectivity index (χ1v) is 5.75. The summed E-state index contributed by atoms with van der Waals surface area (Å²) in [6, 6.07) is 11.9. The normalized spacial score (nSPS) is 10.3. The Bertz CT molecular complexity index is 516. The summed E-state index contributed by atoms with van der Waals surface area (Å²) < 4.78 is 13.7. The third-order valence-electron chi connectivity index (χ3n) is 2.44. The number of hydrogen-bond donors (Lipinski definition) is 0. The Kier molecular flexibility index (Phi) is 3.59. The van der Waals surface area contributed by atoms with Gasteiger partial charge in [-0.15, -0.1) is 0 Å². The average Bonchev–Trinajstić information content (AvgIpc) is 2.33. The summed E-state index contributed by atoms with van der Waals surface area (Å²) >= 11 is 5.84. The van der Waals surface area contributed by atoms with Crippen molar-refractivity contribution in [3.8, 4) is 0 Å². The van der Waals surface area contributed by atoms with E-state index in [4.69, 9.17) is 11.6 Å². The maximum absolute atomic E-state index is 13.7. The molecule has 0 aliphatic carbocycles. The number of aromatic nitrogens is 1. The van der Waals surface area contributed by atoms with Crippen molar-refractivity contribution in [1.29, 1.82) is 0 Å². The van der Waals surface area contributed by atoms with Gasteiger partial charge in [-0.25, -0.2) is 9.37 Å². The number of rotatable bonds is 3. The van der Waals surface area contributed by atoms with E-state index in [1.54, 1.807) is 35.2 Å². The summed E-state index contributed by atoms with van der Waals surface area (Å²) in [5, 5.41) is 0.400. The zero-order chi connectivity index (χ0) is 12.3. The van der Waals surface area contributed by atoms with E-state index in [-0.39, 0.29) is 5.82 Å². The fourth-order valence-corrected chi connectivity index (χ4v) is 1.83. The van der Waals surface area contributed by atoms with Gasteiger partial charge >= 0.3 is 0 Å². The molecule has 2 rings (SSSR count). The molecule has 2 aromatic rings. The highest BCUT2D eigenvalue weighted by Crippen LogP contribution is 2.26. The number of hydrogen-bond acceptors (Lipinski definition) is 2. The molecule has 1 aromatic heterocycles. The minimum atomic E-state index is -0.267. The molecule has 0 radical (unpaired) electrons. The van der Waals surface area contributed by atoms with Crippen molar-refractivity contribution in [2.45, 2.75) is 6.92 Å². The van der Waals surface area contributed by atoms with Crippen LogP contribution in [-0.2, 0) is 0 Å². The van der Waals surface area contributed by atoms with Gasteiger partial charge in [0.1, 0.15) is 16.8 Å². The van der Waals surface area contributed by atoms with Crippen LogP contribution in [0.3, 0.4) is 0 Å². The zero-order valence-electron chi connectivity index (χ0n) is 9.40. The Morgan fingerprint density at radius 2 is 1.94 bits per heavy atom. The molecule has 0 fully saturated rings. The topological polar surface area (TPSA) is 16.1 Å². The second-order valence-corrected chi connectivity index (χ2v) is 3.90. The van der Waals surface area contributed by atoms with Crippen LogP contribution in [0.4, 0.5) is 15.9 Å². The van der Waals surface area contributed by atoms with Crippen molar-refractivity contribution in [3.05, 3.63) is 53.4 Å². The quantitative estimate of drug-likeness (QED) is 0.765. The van der Waals surface area contributed by atoms with Gasteiger partial charge in [-0.05, 0) is 31.2 Å². The van der Waals surface area contributed by atoms with Crippen LogP contribution < -0.4 is 4.90 Å². The summed E-state index contributed by atoms with van der Waals surface area (Å²) in [5.41, 5.74) is 0.504. The van der Waals surface area contributed by atoms with E-state index < -0.39 is 0 Å². The van der Waals surface area contributed by atoms with Gasteiger partial charge in [0.25, 0.3) is 0 Å². The number of benzene rings is 1. The van der Waals surface area contributed by atoms with Crippen LogP contribution in [0.25, 0.3) is 0 Å². The Hall–Kier alpha value is -1.61. The molecule has 0 N–H and O–H groups in total. The molecule has 0 aliphatic heterocycles. The molecule has 0 saturated carbocycles. The average molecular weight is 251 g/mol. The van der Waals surface area contributed by atoms with Gasteiger partial charge in [0.15, 0.2) is 0 Å². The van der Waals surface area contributed by atoms with Crippen molar-refractivity contribution in [2.24, 2.45) is 0 Å². The summed E-state index contributed by atoms with van der Waals surface area (Å²) in [7, 11) is 0.